The molecule has 190 valence electrons. The van der Waals surface area contributed by atoms with Crippen molar-refractivity contribution in [3.63, 3.8) is 0 Å². The fourth-order valence-electron chi connectivity index (χ4n) is 4.89. The van der Waals surface area contributed by atoms with Crippen molar-refractivity contribution >= 4 is 5.91 Å². The molecule has 9 heteroatoms. The fourth-order valence-corrected chi connectivity index (χ4v) is 4.89. The van der Waals surface area contributed by atoms with Gasteiger partial charge in [-0.25, -0.2) is 4.39 Å². The molecule has 2 aromatic carbocycles. The van der Waals surface area contributed by atoms with Crippen molar-refractivity contribution in [1.29, 1.82) is 5.41 Å². The normalized spacial score (nSPS) is 17.6. The molecule has 0 spiro atoms. The Balaban J connectivity index is 1.50. The van der Waals surface area contributed by atoms with Crippen LogP contribution < -0.4 is 10.9 Å². The average Bonchev–Trinajstić information content (AvgIpc) is 3.74. The number of alkyl halides is 3. The molecule has 2 aliphatic rings. The van der Waals surface area contributed by atoms with Crippen molar-refractivity contribution in [2.75, 3.05) is 0 Å². The number of halogens is 4. The van der Waals surface area contributed by atoms with Gasteiger partial charge in [0.1, 0.15) is 5.82 Å². The van der Waals surface area contributed by atoms with Crippen LogP contribution in [-0.4, -0.2) is 21.2 Å². The van der Waals surface area contributed by atoms with E-state index in [4.69, 9.17) is 5.41 Å². The minimum Gasteiger partial charge on any atom is -0.345 e. The van der Waals surface area contributed by atoms with E-state index in [0.717, 1.165) is 18.4 Å². The van der Waals surface area contributed by atoms with E-state index >= 15 is 0 Å². The van der Waals surface area contributed by atoms with E-state index in [0.29, 0.717) is 11.1 Å². The van der Waals surface area contributed by atoms with Crippen LogP contribution in [0.1, 0.15) is 64.3 Å². The van der Waals surface area contributed by atoms with Crippen LogP contribution in [-0.2, 0) is 19.0 Å². The Bertz CT molecular complexity index is 1380. The van der Waals surface area contributed by atoms with E-state index in [9.17, 15) is 22.4 Å². The number of nitrogens with one attached hydrogen (secondary N) is 2. The third-order valence-electron chi connectivity index (χ3n) is 7.45. The lowest BCUT2D eigenvalue weighted by molar-refractivity contribution is -0.160. The number of nitrogens with zero attached hydrogens (tertiary/aromatic N) is 2. The topological polar surface area (TPSA) is 62.8 Å². The molecule has 1 aromatic heterocycles. The van der Waals surface area contributed by atoms with E-state index in [2.05, 4.69) is 5.32 Å². The van der Waals surface area contributed by atoms with Crippen molar-refractivity contribution in [1.82, 2.24) is 14.5 Å². The molecular formula is C27H28F4N4O. The van der Waals surface area contributed by atoms with E-state index in [-0.39, 0.29) is 53.9 Å². The minimum absolute atomic E-state index is 0.0112. The second kappa shape index (κ2) is 8.64. The summed E-state index contributed by atoms with van der Waals surface area (Å²) >= 11 is 0. The maximum atomic E-state index is 14.0. The van der Waals surface area contributed by atoms with E-state index in [1.807, 2.05) is 0 Å². The highest BCUT2D eigenvalue weighted by Crippen LogP contribution is 2.59. The molecule has 1 unspecified atom stereocenters. The number of aryl methyl sites for hydroxylation is 2. The monoisotopic (exact) mass is 500 g/mol. The molecule has 1 amide bonds. The van der Waals surface area contributed by atoms with Crippen LogP contribution in [0.25, 0.3) is 0 Å². The molecular weight excluding hydrogens is 472 g/mol. The predicted molar refractivity (Wildman–Crippen MR) is 126 cm³/mol. The van der Waals surface area contributed by atoms with Gasteiger partial charge in [0.2, 0.25) is 5.62 Å². The van der Waals surface area contributed by atoms with Gasteiger partial charge in [-0.05, 0) is 79.0 Å². The van der Waals surface area contributed by atoms with E-state index < -0.39 is 17.5 Å². The van der Waals surface area contributed by atoms with Crippen molar-refractivity contribution < 1.29 is 22.4 Å². The Morgan fingerprint density at radius 1 is 1.17 bits per heavy atom. The molecule has 5 nitrogen and oxygen atoms in total. The summed E-state index contributed by atoms with van der Waals surface area (Å²) in [4.78, 5) is 13.4. The lowest BCUT2D eigenvalue weighted by Crippen LogP contribution is -2.32. The van der Waals surface area contributed by atoms with Gasteiger partial charge in [-0.15, -0.1) is 0 Å². The van der Waals surface area contributed by atoms with Crippen LogP contribution in [0.2, 0.25) is 0 Å². The van der Waals surface area contributed by atoms with Crippen LogP contribution in [0.3, 0.4) is 0 Å². The quantitative estimate of drug-likeness (QED) is 0.426. The summed E-state index contributed by atoms with van der Waals surface area (Å²) < 4.78 is 59.0. The van der Waals surface area contributed by atoms with Gasteiger partial charge in [0.25, 0.3) is 5.91 Å². The lowest BCUT2D eigenvalue weighted by Gasteiger charge is -2.23. The Morgan fingerprint density at radius 3 is 2.44 bits per heavy atom. The smallest absolute Gasteiger partial charge is 0.345 e. The number of carbonyl (C=O) groups excluding carboxylic acids is 1. The summed E-state index contributed by atoms with van der Waals surface area (Å²) in [5, 5.41) is 11.2. The highest BCUT2D eigenvalue weighted by Gasteiger charge is 2.64. The number of hydrogen-bond acceptors (Lipinski definition) is 2. The van der Waals surface area contributed by atoms with Crippen LogP contribution in [0.4, 0.5) is 17.6 Å². The number of aromatic nitrogens is 2. The molecule has 0 saturated heterocycles. The van der Waals surface area contributed by atoms with Gasteiger partial charge in [0, 0.05) is 25.0 Å². The van der Waals surface area contributed by atoms with Crippen molar-refractivity contribution in [3.05, 3.63) is 88.0 Å². The standard InChI is InChI=1S/C27H28F4N4O/c1-16-11-19(5-6-22(16)28)23(18-3-4-18)33-24(36)20-12-17(15-35-10-9-34(2)25(35)32)13-21(14-20)26(7-8-26)27(29,30)31/h5-6,9-14,18,23,32H,3-4,7-8,15H2,1-2H3,(H,33,36). The second-order valence-corrected chi connectivity index (χ2v) is 10.2. The fraction of sp³-hybridized carbons (Fsp3) is 0.407. The molecule has 3 aromatic rings. The molecule has 2 aliphatic carbocycles. The largest absolute Gasteiger partial charge is 0.398 e. The molecule has 0 bridgehead atoms. The number of imidazole rings is 1. The summed E-state index contributed by atoms with van der Waals surface area (Å²) in [6, 6.07) is 8.87. The summed E-state index contributed by atoms with van der Waals surface area (Å²) in [6.07, 6.45) is 0.781. The predicted octanol–water partition coefficient (Wildman–Crippen LogP) is 5.28. The van der Waals surface area contributed by atoms with Crippen molar-refractivity contribution in [2.45, 2.75) is 56.8 Å². The van der Waals surface area contributed by atoms with Gasteiger partial charge in [-0.1, -0.05) is 18.2 Å². The molecule has 0 radical (unpaired) electrons. The maximum absolute atomic E-state index is 14.0. The first-order valence-corrected chi connectivity index (χ1v) is 12.0. The number of carbonyl (C=O) groups is 1. The molecule has 1 atom stereocenters. The highest BCUT2D eigenvalue weighted by molar-refractivity contribution is 5.95. The highest BCUT2D eigenvalue weighted by atomic mass is 19.4. The first-order chi connectivity index (χ1) is 17.0. The number of benzene rings is 2. The number of amides is 1. The number of rotatable bonds is 7. The molecule has 5 rings (SSSR count). The number of hydrogen-bond donors (Lipinski definition) is 2. The van der Waals surface area contributed by atoms with Crippen LogP contribution in [0.15, 0.2) is 48.8 Å². The Kier molecular flexibility index (Phi) is 5.84. The van der Waals surface area contributed by atoms with Gasteiger partial charge in [0.05, 0.1) is 18.0 Å². The Hall–Kier alpha value is -3.36. The van der Waals surface area contributed by atoms with Gasteiger partial charge >= 0.3 is 6.18 Å². The summed E-state index contributed by atoms with van der Waals surface area (Å²) in [7, 11) is 1.71. The summed E-state index contributed by atoms with van der Waals surface area (Å²) in [5.74, 6) is -0.581. The van der Waals surface area contributed by atoms with Gasteiger partial charge in [-0.2, -0.15) is 13.2 Å². The molecule has 36 heavy (non-hydrogen) atoms. The lowest BCUT2D eigenvalue weighted by atomic mass is 9.91. The van der Waals surface area contributed by atoms with Crippen LogP contribution >= 0.6 is 0 Å². The van der Waals surface area contributed by atoms with Crippen molar-refractivity contribution in [2.24, 2.45) is 13.0 Å². The van der Waals surface area contributed by atoms with Gasteiger partial charge < -0.3 is 14.5 Å². The van der Waals surface area contributed by atoms with E-state index in [1.165, 1.54) is 18.2 Å². The zero-order valence-electron chi connectivity index (χ0n) is 20.1. The zero-order valence-corrected chi connectivity index (χ0v) is 20.1. The SMILES string of the molecule is Cc1cc(C(NC(=O)c2cc(Cn3ccn(C)c3=N)cc(C3(C(F)(F)F)CC3)c2)C2CC2)ccc1F. The first kappa shape index (κ1) is 24.3. The van der Waals surface area contributed by atoms with Gasteiger partial charge in [-0.3, -0.25) is 10.2 Å². The molecule has 0 aliphatic heterocycles. The Morgan fingerprint density at radius 2 is 1.89 bits per heavy atom. The minimum atomic E-state index is -4.41. The molecule has 2 N–H and O–H groups in total. The second-order valence-electron chi connectivity index (χ2n) is 10.2. The Labute approximate surface area is 206 Å². The maximum Gasteiger partial charge on any atom is 0.398 e. The van der Waals surface area contributed by atoms with Crippen molar-refractivity contribution in [3.8, 4) is 0 Å². The zero-order chi connectivity index (χ0) is 25.8. The van der Waals surface area contributed by atoms with Crippen LogP contribution in [0, 0.1) is 24.1 Å². The molecule has 2 saturated carbocycles. The average molecular weight is 501 g/mol. The van der Waals surface area contributed by atoms with Crippen LogP contribution in [0.5, 0.6) is 0 Å². The van der Waals surface area contributed by atoms with Gasteiger partial charge in [0.15, 0.2) is 0 Å². The third kappa shape index (κ3) is 4.47. The molecule has 2 fully saturated rings. The molecule has 1 heterocycles. The summed E-state index contributed by atoms with van der Waals surface area (Å²) in [6.45, 7) is 1.83. The summed E-state index contributed by atoms with van der Waals surface area (Å²) in [5.41, 5.74) is 0.291. The van der Waals surface area contributed by atoms with E-state index in [1.54, 1.807) is 53.7 Å². The first-order valence-electron chi connectivity index (χ1n) is 12.0. The third-order valence-corrected chi connectivity index (χ3v) is 7.45.